The number of hydrogen-bond acceptors (Lipinski definition) is 1. The van der Waals surface area contributed by atoms with Gasteiger partial charge < -0.3 is 4.57 Å². The molecule has 2 aromatic heterocycles. The van der Waals surface area contributed by atoms with Crippen molar-refractivity contribution in [2.75, 3.05) is 0 Å². The number of benzene rings is 7. The predicted molar refractivity (Wildman–Crippen MR) is 189 cm³/mol. The van der Waals surface area contributed by atoms with E-state index in [1.165, 1.54) is 82.5 Å². The minimum absolute atomic E-state index is 1.01. The summed E-state index contributed by atoms with van der Waals surface area (Å²) in [7, 11) is 0. The van der Waals surface area contributed by atoms with Crippen LogP contribution in [0.3, 0.4) is 0 Å². The first-order valence-electron chi connectivity index (χ1n) is 15.5. The predicted octanol–water partition coefficient (Wildman–Crippen LogP) is 11.5. The number of fused-ring (bicyclic) bond motifs is 8. The molecule has 0 aliphatic heterocycles. The second-order valence-electron chi connectivity index (χ2n) is 11.9. The Morgan fingerprint density at radius 2 is 1.04 bits per heavy atom. The van der Waals surface area contributed by atoms with Crippen molar-refractivity contribution < 1.29 is 0 Å². The number of pyridine rings is 1. The van der Waals surface area contributed by atoms with Gasteiger partial charge in [0, 0.05) is 28.0 Å². The van der Waals surface area contributed by atoms with Crippen molar-refractivity contribution in [1.82, 2.24) is 9.55 Å². The molecule has 0 N–H and O–H groups in total. The lowest BCUT2D eigenvalue weighted by atomic mass is 9.93. The molecule has 0 saturated heterocycles. The lowest BCUT2D eigenvalue weighted by Crippen LogP contribution is -1.93. The molecule has 7 aromatic carbocycles. The van der Waals surface area contributed by atoms with E-state index in [2.05, 4.69) is 155 Å². The average Bonchev–Trinajstić information content (AvgIpc) is 3.63. The Hall–Kier alpha value is -5.99. The van der Waals surface area contributed by atoms with Crippen LogP contribution in [0.5, 0.6) is 0 Å². The number of rotatable bonds is 3. The van der Waals surface area contributed by atoms with E-state index >= 15 is 0 Å². The molecule has 2 heterocycles. The molecule has 0 bridgehead atoms. The van der Waals surface area contributed by atoms with Crippen molar-refractivity contribution in [3.05, 3.63) is 158 Å². The maximum Gasteiger partial charge on any atom is 0.0709 e. The standard InChI is InChI=1S/C43H26N2/c1-2-8-30(9-3-1)45-40-23-19-29(26-38(40)43-37-14-7-25-44-39(37)22-24-41(43)45)27-15-17-28(18-16-27)31-20-21-36-33-11-5-4-10-32(33)35-13-6-12-34(31)42(35)36/h1-26H. The van der Waals surface area contributed by atoms with Crippen molar-refractivity contribution in [2.45, 2.75) is 0 Å². The van der Waals surface area contributed by atoms with Crippen LogP contribution in [0.4, 0.5) is 0 Å². The summed E-state index contributed by atoms with van der Waals surface area (Å²) in [5.74, 6) is 0. The van der Waals surface area contributed by atoms with Gasteiger partial charge in [-0.1, -0.05) is 109 Å². The van der Waals surface area contributed by atoms with Crippen molar-refractivity contribution in [3.63, 3.8) is 0 Å². The molecule has 9 aromatic rings. The molecule has 1 aliphatic carbocycles. The number of nitrogens with zero attached hydrogens (tertiary/aromatic N) is 2. The van der Waals surface area contributed by atoms with Crippen LogP contribution in [0, 0.1) is 0 Å². The first-order chi connectivity index (χ1) is 22.3. The zero-order valence-corrected chi connectivity index (χ0v) is 24.4. The SMILES string of the molecule is c1ccc(-n2c3ccc(-c4ccc(-c5ccc6c7c(cccc57)-c5ccccc5-6)cc4)cc3c3c4cccnc4ccc32)cc1. The minimum atomic E-state index is 1.01. The largest absolute Gasteiger partial charge is 0.309 e. The van der Waals surface area contributed by atoms with Crippen LogP contribution in [0.25, 0.3) is 93.7 Å². The summed E-state index contributed by atoms with van der Waals surface area (Å²) >= 11 is 0. The van der Waals surface area contributed by atoms with Gasteiger partial charge in [-0.25, -0.2) is 0 Å². The summed E-state index contributed by atoms with van der Waals surface area (Å²) in [6, 6.07) is 55.3. The second kappa shape index (κ2) is 9.25. The van der Waals surface area contributed by atoms with Gasteiger partial charge in [-0.2, -0.15) is 0 Å². The van der Waals surface area contributed by atoms with Gasteiger partial charge in [0.15, 0.2) is 0 Å². The fourth-order valence-electron chi connectivity index (χ4n) is 7.61. The zero-order valence-electron chi connectivity index (χ0n) is 24.4. The molecule has 0 amide bonds. The van der Waals surface area contributed by atoms with Crippen molar-refractivity contribution in [3.8, 4) is 50.2 Å². The summed E-state index contributed by atoms with van der Waals surface area (Å²) in [4.78, 5) is 4.68. The van der Waals surface area contributed by atoms with Gasteiger partial charge in [0.25, 0.3) is 0 Å². The summed E-state index contributed by atoms with van der Waals surface area (Å²) < 4.78 is 2.37. The first kappa shape index (κ1) is 24.5. The van der Waals surface area contributed by atoms with Crippen molar-refractivity contribution in [1.29, 1.82) is 0 Å². The van der Waals surface area contributed by atoms with Gasteiger partial charge >= 0.3 is 0 Å². The van der Waals surface area contributed by atoms with Gasteiger partial charge in [0.2, 0.25) is 0 Å². The second-order valence-corrected chi connectivity index (χ2v) is 11.9. The average molecular weight is 571 g/mol. The van der Waals surface area contributed by atoms with E-state index in [0.717, 1.165) is 11.2 Å². The molecule has 0 saturated carbocycles. The maximum absolute atomic E-state index is 4.68. The quantitative estimate of drug-likeness (QED) is 0.207. The van der Waals surface area contributed by atoms with Crippen molar-refractivity contribution in [2.24, 2.45) is 0 Å². The molecule has 2 nitrogen and oxygen atoms in total. The summed E-state index contributed by atoms with van der Waals surface area (Å²) in [6.07, 6.45) is 1.87. The van der Waals surface area contributed by atoms with Crippen LogP contribution in [0.2, 0.25) is 0 Å². The normalized spacial score (nSPS) is 12.0. The molecule has 0 spiro atoms. The van der Waals surface area contributed by atoms with Crippen LogP contribution in [0.15, 0.2) is 158 Å². The highest BCUT2D eigenvalue weighted by Gasteiger charge is 2.22. The number of aromatic nitrogens is 2. The minimum Gasteiger partial charge on any atom is -0.309 e. The molecule has 10 rings (SSSR count). The Labute approximate surface area is 260 Å². The Morgan fingerprint density at radius 3 is 1.89 bits per heavy atom. The van der Waals surface area contributed by atoms with E-state index in [4.69, 9.17) is 0 Å². The highest BCUT2D eigenvalue weighted by molar-refractivity contribution is 6.21. The Balaban J connectivity index is 1.13. The Kier molecular flexibility index (Phi) is 5.03. The van der Waals surface area contributed by atoms with E-state index in [0.29, 0.717) is 0 Å². The molecular weight excluding hydrogens is 544 g/mol. The van der Waals surface area contributed by atoms with E-state index in [1.807, 2.05) is 12.3 Å². The fourth-order valence-corrected chi connectivity index (χ4v) is 7.61. The van der Waals surface area contributed by atoms with E-state index in [9.17, 15) is 0 Å². The molecule has 208 valence electrons. The number of para-hydroxylation sites is 1. The lowest BCUT2D eigenvalue weighted by molar-refractivity contribution is 1.18. The van der Waals surface area contributed by atoms with Gasteiger partial charge in [0.05, 0.1) is 16.6 Å². The molecular formula is C43H26N2. The third-order valence-electron chi connectivity index (χ3n) is 9.60. The third-order valence-corrected chi connectivity index (χ3v) is 9.60. The third kappa shape index (κ3) is 3.48. The van der Waals surface area contributed by atoms with E-state index in [-0.39, 0.29) is 0 Å². The summed E-state index contributed by atoms with van der Waals surface area (Å²) in [5.41, 5.74) is 14.8. The molecule has 0 unspecified atom stereocenters. The van der Waals surface area contributed by atoms with E-state index in [1.54, 1.807) is 0 Å². The lowest BCUT2D eigenvalue weighted by Gasteiger charge is -2.11. The van der Waals surface area contributed by atoms with Crippen molar-refractivity contribution >= 4 is 43.5 Å². The number of hydrogen-bond donors (Lipinski definition) is 0. The van der Waals surface area contributed by atoms with Gasteiger partial charge in [-0.05, 0) is 97.7 Å². The molecule has 0 radical (unpaired) electrons. The van der Waals surface area contributed by atoms with Crippen LogP contribution in [0.1, 0.15) is 0 Å². The van der Waals surface area contributed by atoms with Crippen LogP contribution in [-0.2, 0) is 0 Å². The van der Waals surface area contributed by atoms with Crippen LogP contribution < -0.4 is 0 Å². The molecule has 2 heteroatoms. The monoisotopic (exact) mass is 570 g/mol. The first-order valence-corrected chi connectivity index (χ1v) is 15.5. The highest BCUT2D eigenvalue weighted by Crippen LogP contribution is 2.49. The van der Waals surface area contributed by atoms with Gasteiger partial charge in [0.1, 0.15) is 0 Å². The molecule has 0 atom stereocenters. The Morgan fingerprint density at radius 1 is 0.378 bits per heavy atom. The molecule has 45 heavy (non-hydrogen) atoms. The smallest absolute Gasteiger partial charge is 0.0709 e. The van der Waals surface area contributed by atoms with Crippen LogP contribution in [-0.4, -0.2) is 9.55 Å². The van der Waals surface area contributed by atoms with E-state index < -0.39 is 0 Å². The summed E-state index contributed by atoms with van der Waals surface area (Å²) in [6.45, 7) is 0. The van der Waals surface area contributed by atoms with Crippen LogP contribution >= 0.6 is 0 Å². The molecule has 0 fully saturated rings. The summed E-state index contributed by atoms with van der Waals surface area (Å²) in [5, 5.41) is 6.33. The van der Waals surface area contributed by atoms with Gasteiger partial charge in [-0.15, -0.1) is 0 Å². The topological polar surface area (TPSA) is 17.8 Å². The molecule has 1 aliphatic rings. The Bertz CT molecular complexity index is 2600. The van der Waals surface area contributed by atoms with Gasteiger partial charge in [-0.3, -0.25) is 4.98 Å². The zero-order chi connectivity index (χ0) is 29.5. The maximum atomic E-state index is 4.68. The fraction of sp³-hybridized carbons (Fsp3) is 0. The highest BCUT2D eigenvalue weighted by atomic mass is 15.0.